The van der Waals surface area contributed by atoms with Gasteiger partial charge in [-0.25, -0.2) is 0 Å². The Kier molecular flexibility index (Phi) is 9.57. The second-order valence-corrected chi connectivity index (χ2v) is 8.43. The van der Waals surface area contributed by atoms with E-state index in [4.69, 9.17) is 0 Å². The first-order chi connectivity index (χ1) is 16.1. The van der Waals surface area contributed by atoms with E-state index in [-0.39, 0.29) is 10.0 Å². The number of hydrogen-bond acceptors (Lipinski definition) is 0. The molecule has 0 aliphatic rings. The van der Waals surface area contributed by atoms with Crippen molar-refractivity contribution < 1.29 is 92.2 Å². The number of alkyl halides is 22. The molecule has 0 rings (SSSR count). The largest absolute Gasteiger partial charge is 0.460 e. The summed E-state index contributed by atoms with van der Waals surface area (Å²) in [7, 11) is 0. The van der Waals surface area contributed by atoms with Gasteiger partial charge in [-0.15, -0.1) is 0 Å². The summed E-state index contributed by atoms with van der Waals surface area (Å²) in [5.41, 5.74) is -1.30. The third kappa shape index (κ3) is 4.89. The lowest BCUT2D eigenvalue weighted by atomic mass is 9.85. The van der Waals surface area contributed by atoms with Gasteiger partial charge in [-0.1, -0.05) is 33.7 Å². The van der Waals surface area contributed by atoms with E-state index in [9.17, 15) is 92.2 Å². The summed E-state index contributed by atoms with van der Waals surface area (Å²) in [5.74, 6) is -76.6. The van der Waals surface area contributed by atoms with Crippen LogP contribution >= 0.6 is 22.6 Å². The molecule has 0 saturated carbocycles. The summed E-state index contributed by atoms with van der Waals surface area (Å²) in [5, 5.41) is 0. The molecule has 0 aromatic heterocycles. The molecular weight excluding hydrogens is 718 g/mol. The summed E-state index contributed by atoms with van der Waals surface area (Å²) in [6, 6.07) is 0. The molecule has 0 aromatic rings. The zero-order valence-corrected chi connectivity index (χ0v) is 19.9. The monoisotopic (exact) mass is 728 g/mol. The van der Waals surface area contributed by atoms with E-state index in [1.165, 1.54) is 22.6 Å². The van der Waals surface area contributed by atoms with Crippen LogP contribution in [0, 0.1) is 0 Å². The van der Waals surface area contributed by atoms with Crippen LogP contribution in [0.2, 0.25) is 0 Å². The molecule has 0 radical (unpaired) electrons. The van der Waals surface area contributed by atoms with Crippen LogP contribution in [0.4, 0.5) is 92.2 Å². The van der Waals surface area contributed by atoms with Gasteiger partial charge in [-0.2, -0.15) is 92.2 Å². The first kappa shape index (κ1) is 37.0. The van der Waals surface area contributed by atoms with Crippen LogP contribution in [0.1, 0.15) is 20.3 Å². The highest BCUT2D eigenvalue weighted by molar-refractivity contribution is 14.1. The average molecular weight is 728 g/mol. The third-order valence-electron chi connectivity index (χ3n) is 4.99. The fourth-order valence-corrected chi connectivity index (χ4v) is 2.95. The predicted octanol–water partition coefficient (Wildman–Crippen LogP) is 9.43. The lowest BCUT2D eigenvalue weighted by Gasteiger charge is -2.44. The molecule has 0 nitrogen and oxygen atoms in total. The van der Waals surface area contributed by atoms with Crippen molar-refractivity contribution in [2.45, 2.75) is 79.7 Å². The number of halogens is 22. The maximum absolute atomic E-state index is 13.8. The van der Waals surface area contributed by atoms with E-state index in [1.807, 2.05) is 0 Å². The van der Waals surface area contributed by atoms with E-state index in [2.05, 4.69) is 0 Å². The number of allylic oxidation sites excluding steroid dienone is 2. The van der Waals surface area contributed by atoms with Gasteiger partial charge < -0.3 is 0 Å². The molecule has 0 atom stereocenters. The van der Waals surface area contributed by atoms with Crippen molar-refractivity contribution in [1.82, 2.24) is 0 Å². The maximum atomic E-state index is 13.8. The molecule has 0 unspecified atom stereocenters. The number of hydrogen-bond donors (Lipinski definition) is 0. The molecule has 0 fully saturated rings. The highest BCUT2D eigenvalue weighted by Crippen LogP contribution is 2.66. The molecule has 228 valence electrons. The molecule has 38 heavy (non-hydrogen) atoms. The third-order valence-corrected chi connectivity index (χ3v) is 6.14. The fourth-order valence-electron chi connectivity index (χ4n) is 2.30. The Morgan fingerprint density at radius 2 is 0.632 bits per heavy atom. The maximum Gasteiger partial charge on any atom is 0.460 e. The second-order valence-electron chi connectivity index (χ2n) is 7.67. The highest BCUT2D eigenvalue weighted by atomic mass is 127. The van der Waals surface area contributed by atoms with Crippen LogP contribution in [0.25, 0.3) is 0 Å². The average Bonchev–Trinajstić information content (AvgIpc) is 2.70. The van der Waals surface area contributed by atoms with Crippen LogP contribution < -0.4 is 0 Å². The Hall–Kier alpha value is -1.00. The van der Waals surface area contributed by atoms with Crippen molar-refractivity contribution in [3.05, 3.63) is 11.1 Å². The van der Waals surface area contributed by atoms with Crippen LogP contribution in [-0.4, -0.2) is 63.9 Å². The molecule has 0 amide bonds. The molecular formula is C16H10F21I. The van der Waals surface area contributed by atoms with E-state index >= 15 is 0 Å². The van der Waals surface area contributed by atoms with Crippen molar-refractivity contribution in [1.29, 1.82) is 0 Å². The lowest BCUT2D eigenvalue weighted by Crippen LogP contribution is -2.76. The van der Waals surface area contributed by atoms with E-state index in [1.54, 1.807) is 0 Å². The van der Waals surface area contributed by atoms with Crippen molar-refractivity contribution in [3.63, 3.8) is 0 Å². The van der Waals surface area contributed by atoms with Crippen molar-refractivity contribution in [3.8, 4) is 0 Å². The molecule has 0 bridgehead atoms. The SMILES string of the molecule is C/C(CI)=C(/C)CC(F)(F)C(F)(F)C(F)(F)C(F)(F)C(F)(F)C(F)(F)C(F)(F)C(F)(F)C(F)(F)C(F)(F)F. The van der Waals surface area contributed by atoms with Crippen molar-refractivity contribution in [2.24, 2.45) is 0 Å². The van der Waals surface area contributed by atoms with Gasteiger partial charge in [0.2, 0.25) is 0 Å². The first-order valence-electron chi connectivity index (χ1n) is 8.80. The first-order valence-corrected chi connectivity index (χ1v) is 10.3. The predicted molar refractivity (Wildman–Crippen MR) is 92.5 cm³/mol. The summed E-state index contributed by atoms with van der Waals surface area (Å²) in [6.45, 7) is 1.39. The Labute approximate surface area is 210 Å². The molecule has 22 heteroatoms. The highest BCUT2D eigenvalue weighted by Gasteiger charge is 2.97. The van der Waals surface area contributed by atoms with Gasteiger partial charge in [0.25, 0.3) is 0 Å². The van der Waals surface area contributed by atoms with Gasteiger partial charge in [0, 0.05) is 10.8 Å². The fraction of sp³-hybridized carbons (Fsp3) is 0.875. The normalized spacial score (nSPS) is 17.1. The standard InChI is InChI=1S/C16H10F21I/c1-5(6(2)4-38)3-7(17,18)8(19,20)9(21,22)10(23,24)11(25,26)12(27,28)13(29,30)14(31,32)15(33,34)16(35,36)37/h3-4H2,1-2H3/b6-5+. The Morgan fingerprint density at radius 1 is 0.395 bits per heavy atom. The summed E-state index contributed by atoms with van der Waals surface area (Å²) in [4.78, 5) is 0. The molecule has 0 aliphatic carbocycles. The topological polar surface area (TPSA) is 0 Å². The van der Waals surface area contributed by atoms with Gasteiger partial charge in [0.05, 0.1) is 0 Å². The van der Waals surface area contributed by atoms with Gasteiger partial charge in [-0.3, -0.25) is 0 Å². The van der Waals surface area contributed by atoms with Gasteiger partial charge in [-0.05, 0) is 13.8 Å². The van der Waals surface area contributed by atoms with E-state index in [0.29, 0.717) is 6.92 Å². The van der Waals surface area contributed by atoms with Gasteiger partial charge >= 0.3 is 59.5 Å². The molecule has 0 saturated heterocycles. The smallest absolute Gasteiger partial charge is 0.199 e. The zero-order chi connectivity index (χ0) is 31.6. The number of rotatable bonds is 11. The Bertz CT molecular complexity index is 893. The zero-order valence-electron chi connectivity index (χ0n) is 17.7. The summed E-state index contributed by atoms with van der Waals surface area (Å²) >= 11 is 1.38. The van der Waals surface area contributed by atoms with E-state index < -0.39 is 71.5 Å². The second kappa shape index (κ2) is 9.82. The van der Waals surface area contributed by atoms with Crippen LogP contribution in [0.15, 0.2) is 11.1 Å². The Morgan fingerprint density at radius 3 is 0.868 bits per heavy atom. The quantitative estimate of drug-likeness (QED) is 0.0862. The van der Waals surface area contributed by atoms with Crippen molar-refractivity contribution in [2.75, 3.05) is 4.43 Å². The van der Waals surface area contributed by atoms with E-state index in [0.717, 1.165) is 6.92 Å². The molecule has 0 aromatic carbocycles. The van der Waals surface area contributed by atoms with Gasteiger partial charge in [0.1, 0.15) is 0 Å². The summed E-state index contributed by atoms with van der Waals surface area (Å²) < 4.78 is 279. The van der Waals surface area contributed by atoms with Crippen LogP contribution in [0.3, 0.4) is 0 Å². The molecule has 0 spiro atoms. The molecule has 0 heterocycles. The molecule has 0 aliphatic heterocycles. The van der Waals surface area contributed by atoms with Crippen LogP contribution in [-0.2, 0) is 0 Å². The minimum absolute atomic E-state index is 0.312. The van der Waals surface area contributed by atoms with Crippen LogP contribution in [0.5, 0.6) is 0 Å². The lowest BCUT2D eigenvalue weighted by molar-refractivity contribution is -0.474. The summed E-state index contributed by atoms with van der Waals surface area (Å²) in [6.07, 6.45) is -10.7. The van der Waals surface area contributed by atoms with Gasteiger partial charge in [0.15, 0.2) is 0 Å². The van der Waals surface area contributed by atoms with Crippen molar-refractivity contribution >= 4 is 22.6 Å². The molecule has 0 N–H and O–H groups in total. The Balaban J connectivity index is 7.07. The minimum atomic E-state index is -9.15. The minimum Gasteiger partial charge on any atom is -0.199 e.